The Hall–Kier alpha value is -2.08. The monoisotopic (exact) mass is 293 g/mol. The summed E-state index contributed by atoms with van der Waals surface area (Å²) < 4.78 is 0. The molecule has 0 aromatic heterocycles. The summed E-state index contributed by atoms with van der Waals surface area (Å²) in [7, 11) is 1.96. The topological polar surface area (TPSA) is 72.9 Å². The van der Waals surface area contributed by atoms with Crippen molar-refractivity contribution in [3.63, 3.8) is 0 Å². The number of nitrogens with zero attached hydrogens (tertiary/aromatic N) is 2. The molecule has 1 aromatic carbocycles. The van der Waals surface area contributed by atoms with E-state index >= 15 is 0 Å². The molecule has 0 saturated carbocycles. The molecule has 21 heavy (non-hydrogen) atoms. The zero-order valence-corrected chi connectivity index (χ0v) is 12.8. The van der Waals surface area contributed by atoms with Crippen LogP contribution in [0.1, 0.15) is 12.5 Å². The maximum Gasteiger partial charge on any atom is 0.323 e. The van der Waals surface area contributed by atoms with Crippen LogP contribution in [0.4, 0.5) is 10.5 Å². The lowest BCUT2D eigenvalue weighted by Crippen LogP contribution is -2.45. The van der Waals surface area contributed by atoms with Crippen LogP contribution in [-0.2, 0) is 4.79 Å². The Morgan fingerprint density at radius 2 is 1.86 bits per heavy atom. The molecule has 116 valence electrons. The number of nitrogens with one attached hydrogen (secondary N) is 1. The number of carbonyl (C=O) groups excluding carboxylic acids is 1. The number of urea groups is 1. The van der Waals surface area contributed by atoms with Crippen molar-refractivity contribution in [1.29, 1.82) is 0 Å². The molecule has 0 spiro atoms. The first kappa shape index (κ1) is 17.0. The van der Waals surface area contributed by atoms with Crippen LogP contribution in [0.2, 0.25) is 0 Å². The van der Waals surface area contributed by atoms with E-state index in [4.69, 9.17) is 5.11 Å². The van der Waals surface area contributed by atoms with Crippen molar-refractivity contribution in [3.8, 4) is 0 Å². The van der Waals surface area contributed by atoms with E-state index in [0.29, 0.717) is 12.2 Å². The van der Waals surface area contributed by atoms with Crippen LogP contribution >= 0.6 is 0 Å². The second-order valence-electron chi connectivity index (χ2n) is 4.94. The molecule has 6 heteroatoms. The fraction of sp³-hybridized carbons (Fsp3) is 0.467. The fourth-order valence-electron chi connectivity index (χ4n) is 1.75. The van der Waals surface area contributed by atoms with Crippen LogP contribution in [0.15, 0.2) is 24.3 Å². The van der Waals surface area contributed by atoms with Gasteiger partial charge in [-0.3, -0.25) is 9.69 Å². The number of aryl methyl sites for hydroxylation is 1. The van der Waals surface area contributed by atoms with Crippen LogP contribution in [0.25, 0.3) is 0 Å². The van der Waals surface area contributed by atoms with Gasteiger partial charge in [0.25, 0.3) is 0 Å². The first-order valence-corrected chi connectivity index (χ1v) is 6.96. The summed E-state index contributed by atoms with van der Waals surface area (Å²) in [6.45, 7) is 5.70. The summed E-state index contributed by atoms with van der Waals surface area (Å²) in [5, 5.41) is 11.7. The Balaban J connectivity index is 2.70. The molecule has 6 nitrogen and oxygen atoms in total. The second kappa shape index (κ2) is 8.26. The van der Waals surface area contributed by atoms with Crippen molar-refractivity contribution >= 4 is 17.7 Å². The maximum absolute atomic E-state index is 12.2. The fourth-order valence-corrected chi connectivity index (χ4v) is 1.75. The minimum atomic E-state index is -1.04. The largest absolute Gasteiger partial charge is 0.480 e. The van der Waals surface area contributed by atoms with Crippen molar-refractivity contribution in [2.75, 3.05) is 38.1 Å². The average Bonchev–Trinajstić information content (AvgIpc) is 2.45. The molecular weight excluding hydrogens is 270 g/mol. The van der Waals surface area contributed by atoms with Gasteiger partial charge in [-0.15, -0.1) is 0 Å². The molecule has 1 rings (SSSR count). The molecule has 0 saturated heterocycles. The first-order valence-electron chi connectivity index (χ1n) is 6.96. The van der Waals surface area contributed by atoms with Gasteiger partial charge in [-0.2, -0.15) is 0 Å². The van der Waals surface area contributed by atoms with E-state index in [9.17, 15) is 9.59 Å². The molecule has 0 unspecified atom stereocenters. The minimum Gasteiger partial charge on any atom is -0.480 e. The number of hydrogen-bond donors (Lipinski definition) is 2. The summed E-state index contributed by atoms with van der Waals surface area (Å²) >= 11 is 0. The molecule has 0 aliphatic carbocycles. The molecule has 0 radical (unpaired) electrons. The lowest BCUT2D eigenvalue weighted by Gasteiger charge is -2.22. The van der Waals surface area contributed by atoms with Crippen LogP contribution < -0.4 is 10.2 Å². The van der Waals surface area contributed by atoms with Crippen molar-refractivity contribution in [3.05, 3.63) is 29.8 Å². The van der Waals surface area contributed by atoms with Gasteiger partial charge >= 0.3 is 12.0 Å². The highest BCUT2D eigenvalue weighted by Gasteiger charge is 2.18. The summed E-state index contributed by atoms with van der Waals surface area (Å²) in [5.41, 5.74) is 1.63. The number of carboxylic acid groups (broad SMARTS) is 1. The van der Waals surface area contributed by atoms with E-state index in [1.807, 2.05) is 33.0 Å². The van der Waals surface area contributed by atoms with Gasteiger partial charge in [0.2, 0.25) is 0 Å². The standard InChI is InChI=1S/C15H23N3O3/c1-4-17(3)10-9-16-15(21)18(11-14(19)20)13-7-5-12(2)6-8-13/h5-8H,4,9-11H2,1-3H3,(H,16,21)(H,19,20). The number of benzene rings is 1. The molecule has 2 amide bonds. The van der Waals surface area contributed by atoms with Crippen LogP contribution in [0.3, 0.4) is 0 Å². The van der Waals surface area contributed by atoms with E-state index in [1.54, 1.807) is 12.1 Å². The number of amides is 2. The van der Waals surface area contributed by atoms with Gasteiger partial charge in [-0.25, -0.2) is 4.79 Å². The van der Waals surface area contributed by atoms with Gasteiger partial charge in [0.15, 0.2) is 0 Å². The number of carbonyl (C=O) groups is 2. The maximum atomic E-state index is 12.2. The average molecular weight is 293 g/mol. The van der Waals surface area contributed by atoms with E-state index in [1.165, 1.54) is 4.90 Å². The molecule has 0 atom stereocenters. The zero-order valence-electron chi connectivity index (χ0n) is 12.8. The highest BCUT2D eigenvalue weighted by molar-refractivity contribution is 5.96. The van der Waals surface area contributed by atoms with Crippen molar-refractivity contribution in [2.45, 2.75) is 13.8 Å². The number of hydrogen-bond acceptors (Lipinski definition) is 3. The predicted octanol–water partition coefficient (Wildman–Crippen LogP) is 1.55. The Kier molecular flexibility index (Phi) is 6.68. The number of carboxylic acids is 1. The third-order valence-electron chi connectivity index (χ3n) is 3.19. The van der Waals surface area contributed by atoms with Crippen molar-refractivity contribution in [2.24, 2.45) is 0 Å². The summed E-state index contributed by atoms with van der Waals surface area (Å²) in [4.78, 5) is 26.4. The zero-order chi connectivity index (χ0) is 15.8. The molecule has 0 bridgehead atoms. The smallest absolute Gasteiger partial charge is 0.323 e. The third-order valence-corrected chi connectivity index (χ3v) is 3.19. The Bertz CT molecular complexity index is 474. The highest BCUT2D eigenvalue weighted by Crippen LogP contribution is 2.15. The SMILES string of the molecule is CCN(C)CCNC(=O)N(CC(=O)O)c1ccc(C)cc1. The lowest BCUT2D eigenvalue weighted by molar-refractivity contribution is -0.135. The van der Waals surface area contributed by atoms with Gasteiger partial charge in [-0.05, 0) is 32.6 Å². The van der Waals surface area contributed by atoms with Gasteiger partial charge in [-0.1, -0.05) is 24.6 Å². The molecule has 0 fully saturated rings. The third kappa shape index (κ3) is 5.83. The van der Waals surface area contributed by atoms with Gasteiger partial charge in [0, 0.05) is 18.8 Å². The lowest BCUT2D eigenvalue weighted by atomic mass is 10.2. The molecule has 0 aliphatic heterocycles. The number of rotatable bonds is 7. The summed E-state index contributed by atoms with van der Waals surface area (Å²) in [6.07, 6.45) is 0. The van der Waals surface area contributed by atoms with Crippen molar-refractivity contribution in [1.82, 2.24) is 10.2 Å². The van der Waals surface area contributed by atoms with Gasteiger partial charge in [0.1, 0.15) is 6.54 Å². The summed E-state index contributed by atoms with van der Waals surface area (Å²) in [5.74, 6) is -1.04. The number of likely N-dealkylation sites (N-methyl/N-ethyl adjacent to an activating group) is 1. The molecule has 1 aromatic rings. The van der Waals surface area contributed by atoms with Crippen molar-refractivity contribution < 1.29 is 14.7 Å². The highest BCUT2D eigenvalue weighted by atomic mass is 16.4. The summed E-state index contributed by atoms with van der Waals surface area (Å²) in [6, 6.07) is 6.79. The van der Waals surface area contributed by atoms with Crippen LogP contribution in [-0.4, -0.2) is 55.2 Å². The van der Waals surface area contributed by atoms with E-state index in [-0.39, 0.29) is 6.54 Å². The molecule has 0 aliphatic rings. The van der Waals surface area contributed by atoms with Gasteiger partial charge in [0.05, 0.1) is 0 Å². The van der Waals surface area contributed by atoms with Crippen LogP contribution in [0.5, 0.6) is 0 Å². The Morgan fingerprint density at radius 1 is 1.24 bits per heavy atom. The predicted molar refractivity (Wildman–Crippen MR) is 82.7 cm³/mol. The number of aliphatic carboxylic acids is 1. The van der Waals surface area contributed by atoms with E-state index < -0.39 is 12.0 Å². The van der Waals surface area contributed by atoms with Gasteiger partial charge < -0.3 is 15.3 Å². The second-order valence-corrected chi connectivity index (χ2v) is 4.94. The molecule has 2 N–H and O–H groups in total. The first-order chi connectivity index (χ1) is 9.93. The molecular formula is C15H23N3O3. The quantitative estimate of drug-likeness (QED) is 0.800. The van der Waals surface area contributed by atoms with E-state index in [0.717, 1.165) is 18.7 Å². The van der Waals surface area contributed by atoms with E-state index in [2.05, 4.69) is 10.2 Å². The number of anilines is 1. The Labute approximate surface area is 125 Å². The van der Waals surface area contributed by atoms with Crippen LogP contribution in [0, 0.1) is 6.92 Å². The normalized spacial score (nSPS) is 10.5. The molecule has 0 heterocycles. The Morgan fingerprint density at radius 3 is 2.38 bits per heavy atom. The minimum absolute atomic E-state index is 0.363.